The summed E-state index contributed by atoms with van der Waals surface area (Å²) in [6.07, 6.45) is 1.10. The molecule has 3 aromatic rings. The number of hydrogen-bond acceptors (Lipinski definition) is 5. The number of carbonyl (C=O) groups excluding carboxylic acids is 2. The number of hydrogen-bond donors (Lipinski definition) is 1. The van der Waals surface area contributed by atoms with Crippen LogP contribution in [0.5, 0.6) is 0 Å². The molecule has 1 aliphatic heterocycles. The minimum Gasteiger partial charge on any atom is -0.312 e. The van der Waals surface area contributed by atoms with Gasteiger partial charge in [0.15, 0.2) is 0 Å². The van der Waals surface area contributed by atoms with Crippen molar-refractivity contribution in [1.29, 1.82) is 0 Å². The van der Waals surface area contributed by atoms with Gasteiger partial charge in [0.25, 0.3) is 0 Å². The van der Waals surface area contributed by atoms with Gasteiger partial charge in [0.1, 0.15) is 5.01 Å². The van der Waals surface area contributed by atoms with E-state index < -0.39 is 0 Å². The van der Waals surface area contributed by atoms with E-state index in [1.165, 1.54) is 11.3 Å². The average molecular weight is 421 g/mol. The molecule has 1 saturated heterocycles. The van der Waals surface area contributed by atoms with Crippen LogP contribution in [-0.2, 0) is 9.59 Å². The molecule has 2 aromatic carbocycles. The van der Waals surface area contributed by atoms with Gasteiger partial charge < -0.3 is 4.90 Å². The minimum atomic E-state index is -0.233. The van der Waals surface area contributed by atoms with Crippen molar-refractivity contribution < 1.29 is 9.59 Å². The molecule has 4 rings (SSSR count). The molecule has 0 spiro atoms. The lowest BCUT2D eigenvalue weighted by Gasteiger charge is -2.16. The maximum Gasteiger partial charge on any atom is 0.233 e. The molecule has 0 saturated carbocycles. The topological polar surface area (TPSA) is 75.2 Å². The molecular weight excluding hydrogens is 396 g/mol. The van der Waals surface area contributed by atoms with E-state index in [9.17, 15) is 9.59 Å². The monoisotopic (exact) mass is 420 g/mol. The summed E-state index contributed by atoms with van der Waals surface area (Å²) in [6, 6.07) is 17.7. The number of anilines is 2. The molecule has 0 radical (unpaired) electrons. The number of carbonyl (C=O) groups is 2. The zero-order chi connectivity index (χ0) is 21.1. The number of benzene rings is 2. The van der Waals surface area contributed by atoms with E-state index >= 15 is 0 Å². The van der Waals surface area contributed by atoms with E-state index in [-0.39, 0.29) is 23.7 Å². The summed E-state index contributed by atoms with van der Waals surface area (Å²) in [5, 5.41) is 12.6. The third-order valence-electron chi connectivity index (χ3n) is 5.42. The first-order valence-electron chi connectivity index (χ1n) is 10.1. The van der Waals surface area contributed by atoms with Crippen LogP contribution in [0, 0.1) is 6.92 Å². The van der Waals surface area contributed by atoms with Crippen LogP contribution in [0.1, 0.15) is 47.7 Å². The Kier molecular flexibility index (Phi) is 5.90. The van der Waals surface area contributed by atoms with E-state index in [0.717, 1.165) is 21.8 Å². The standard InChI is InChI=1S/C23H24N4O2S/c1-3-19(16-7-5-4-6-8-16)21(29)24-23-26-25-22(30-23)17-13-20(28)27(14-17)18-11-9-15(2)10-12-18/h4-12,17,19H,3,13-14H2,1-2H3,(H,24,26,29). The second kappa shape index (κ2) is 8.75. The molecule has 2 unspecified atom stereocenters. The van der Waals surface area contributed by atoms with Gasteiger partial charge >= 0.3 is 0 Å². The number of nitrogens with one attached hydrogen (secondary N) is 1. The molecule has 30 heavy (non-hydrogen) atoms. The van der Waals surface area contributed by atoms with Crippen LogP contribution >= 0.6 is 11.3 Å². The van der Waals surface area contributed by atoms with Crippen molar-refractivity contribution >= 4 is 34.0 Å². The zero-order valence-electron chi connectivity index (χ0n) is 17.0. The van der Waals surface area contributed by atoms with Gasteiger partial charge in [-0.15, -0.1) is 10.2 Å². The Hall–Kier alpha value is -3.06. The third-order valence-corrected chi connectivity index (χ3v) is 6.42. The van der Waals surface area contributed by atoms with Crippen LogP contribution < -0.4 is 10.2 Å². The van der Waals surface area contributed by atoms with E-state index in [1.54, 1.807) is 4.90 Å². The fourth-order valence-corrected chi connectivity index (χ4v) is 4.59. The summed E-state index contributed by atoms with van der Waals surface area (Å²) in [5.74, 6) is -0.253. The molecule has 154 valence electrons. The molecule has 1 fully saturated rings. The quantitative estimate of drug-likeness (QED) is 0.637. The Balaban J connectivity index is 1.43. The fourth-order valence-electron chi connectivity index (χ4n) is 3.75. The highest BCUT2D eigenvalue weighted by Gasteiger charge is 2.34. The molecule has 0 aliphatic carbocycles. The maximum atomic E-state index is 12.8. The van der Waals surface area contributed by atoms with Gasteiger partial charge in [0.05, 0.1) is 5.92 Å². The van der Waals surface area contributed by atoms with Crippen LogP contribution in [0.25, 0.3) is 0 Å². The van der Waals surface area contributed by atoms with Crippen molar-refractivity contribution in [1.82, 2.24) is 10.2 Å². The lowest BCUT2D eigenvalue weighted by atomic mass is 9.96. The molecule has 2 atom stereocenters. The number of aromatic nitrogens is 2. The predicted molar refractivity (Wildman–Crippen MR) is 119 cm³/mol. The third kappa shape index (κ3) is 4.26. The lowest BCUT2D eigenvalue weighted by molar-refractivity contribution is -0.118. The van der Waals surface area contributed by atoms with Crippen molar-refractivity contribution in [3.8, 4) is 0 Å². The first kappa shape index (κ1) is 20.2. The van der Waals surface area contributed by atoms with E-state index in [0.29, 0.717) is 24.5 Å². The fraction of sp³-hybridized carbons (Fsp3) is 0.304. The van der Waals surface area contributed by atoms with Crippen molar-refractivity contribution in [3.05, 3.63) is 70.7 Å². The highest BCUT2D eigenvalue weighted by Crippen LogP contribution is 2.34. The number of nitrogens with zero attached hydrogens (tertiary/aromatic N) is 3. The summed E-state index contributed by atoms with van der Waals surface area (Å²) >= 11 is 1.35. The van der Waals surface area contributed by atoms with E-state index in [1.807, 2.05) is 68.4 Å². The normalized spacial score (nSPS) is 17.2. The Labute approximate surface area is 180 Å². The van der Waals surface area contributed by atoms with Gasteiger partial charge in [-0.2, -0.15) is 0 Å². The van der Waals surface area contributed by atoms with Gasteiger partial charge in [-0.05, 0) is 31.0 Å². The molecule has 1 N–H and O–H groups in total. The second-order valence-corrected chi connectivity index (χ2v) is 8.56. The second-order valence-electron chi connectivity index (χ2n) is 7.55. The number of rotatable bonds is 6. The predicted octanol–water partition coefficient (Wildman–Crippen LogP) is 4.50. The molecule has 2 heterocycles. The Bertz CT molecular complexity index is 1030. The smallest absolute Gasteiger partial charge is 0.233 e. The van der Waals surface area contributed by atoms with Crippen molar-refractivity contribution in [2.45, 2.75) is 38.5 Å². The SMILES string of the molecule is CCC(C(=O)Nc1nnc(C2CC(=O)N(c3ccc(C)cc3)C2)s1)c1ccccc1. The molecule has 1 aliphatic rings. The van der Waals surface area contributed by atoms with Crippen LogP contribution in [0.4, 0.5) is 10.8 Å². The molecule has 2 amide bonds. The van der Waals surface area contributed by atoms with Crippen LogP contribution in [0.15, 0.2) is 54.6 Å². The summed E-state index contributed by atoms with van der Waals surface area (Å²) in [7, 11) is 0. The first-order valence-corrected chi connectivity index (χ1v) is 10.9. The Morgan fingerprint density at radius 2 is 1.90 bits per heavy atom. The Morgan fingerprint density at radius 3 is 2.60 bits per heavy atom. The summed E-state index contributed by atoms with van der Waals surface area (Å²) in [4.78, 5) is 27.1. The van der Waals surface area contributed by atoms with Crippen molar-refractivity contribution in [2.24, 2.45) is 0 Å². The zero-order valence-corrected chi connectivity index (χ0v) is 17.9. The molecular formula is C23H24N4O2S. The average Bonchev–Trinajstić information content (AvgIpc) is 3.36. The molecule has 7 heteroatoms. The van der Waals surface area contributed by atoms with Crippen LogP contribution in [0.3, 0.4) is 0 Å². The van der Waals surface area contributed by atoms with Gasteiger partial charge in [-0.25, -0.2) is 0 Å². The number of aryl methyl sites for hydroxylation is 1. The van der Waals surface area contributed by atoms with Gasteiger partial charge in [0, 0.05) is 24.6 Å². The van der Waals surface area contributed by atoms with Crippen molar-refractivity contribution in [2.75, 3.05) is 16.8 Å². The largest absolute Gasteiger partial charge is 0.312 e. The van der Waals surface area contributed by atoms with E-state index in [4.69, 9.17) is 0 Å². The molecule has 6 nitrogen and oxygen atoms in total. The lowest BCUT2D eigenvalue weighted by Crippen LogP contribution is -2.24. The molecule has 0 bridgehead atoms. The van der Waals surface area contributed by atoms with E-state index in [2.05, 4.69) is 15.5 Å². The highest BCUT2D eigenvalue weighted by molar-refractivity contribution is 7.15. The van der Waals surface area contributed by atoms with Gasteiger partial charge in [-0.3, -0.25) is 14.9 Å². The summed E-state index contributed by atoms with van der Waals surface area (Å²) < 4.78 is 0. The first-order chi connectivity index (χ1) is 14.5. The van der Waals surface area contributed by atoms with Gasteiger partial charge in [0.2, 0.25) is 16.9 Å². The maximum absolute atomic E-state index is 12.8. The van der Waals surface area contributed by atoms with Gasteiger partial charge in [-0.1, -0.05) is 66.3 Å². The van der Waals surface area contributed by atoms with Crippen LogP contribution in [0.2, 0.25) is 0 Å². The molecule has 1 aromatic heterocycles. The summed E-state index contributed by atoms with van der Waals surface area (Å²) in [5.41, 5.74) is 3.05. The Morgan fingerprint density at radius 1 is 1.17 bits per heavy atom. The minimum absolute atomic E-state index is 0.0157. The number of amides is 2. The van der Waals surface area contributed by atoms with Crippen LogP contribution in [-0.4, -0.2) is 28.6 Å². The summed E-state index contributed by atoms with van der Waals surface area (Å²) in [6.45, 7) is 4.59. The van der Waals surface area contributed by atoms with Crippen molar-refractivity contribution in [3.63, 3.8) is 0 Å². The highest BCUT2D eigenvalue weighted by atomic mass is 32.1.